The number of thiophene rings is 1. The molecule has 0 bridgehead atoms. The molecule has 0 spiro atoms. The van der Waals surface area contributed by atoms with Crippen LogP contribution in [0.2, 0.25) is 0 Å². The van der Waals surface area contributed by atoms with E-state index in [0.29, 0.717) is 0 Å². The number of carbonyl (C=O) groups is 1. The predicted molar refractivity (Wildman–Crippen MR) is 92.6 cm³/mol. The number of rotatable bonds is 5. The van der Waals surface area contributed by atoms with Gasteiger partial charge in [0.05, 0.1) is 12.1 Å². The Kier molecular flexibility index (Phi) is 5.00. The minimum Gasteiger partial charge on any atom is -0.333 e. The van der Waals surface area contributed by atoms with Crippen molar-refractivity contribution in [3.8, 4) is 0 Å². The maximum Gasteiger partial charge on any atom is 0.318 e. The Hall–Kier alpha value is -1.82. The molecule has 1 aliphatic heterocycles. The van der Waals surface area contributed by atoms with E-state index in [4.69, 9.17) is 0 Å². The van der Waals surface area contributed by atoms with E-state index in [1.165, 1.54) is 4.88 Å². The van der Waals surface area contributed by atoms with Crippen LogP contribution in [0.3, 0.4) is 0 Å². The van der Waals surface area contributed by atoms with Crippen molar-refractivity contribution in [2.75, 3.05) is 6.54 Å². The molecule has 2 atom stereocenters. The molecule has 5 nitrogen and oxygen atoms in total. The van der Waals surface area contributed by atoms with Crippen molar-refractivity contribution in [3.05, 3.63) is 40.6 Å². The quantitative estimate of drug-likeness (QED) is 0.910. The number of aromatic nitrogens is 2. The Morgan fingerprint density at radius 3 is 3.09 bits per heavy atom. The van der Waals surface area contributed by atoms with Crippen molar-refractivity contribution in [3.63, 3.8) is 0 Å². The standard InChI is InChI=1S/C17H24N4OS/c1-3-15(16-7-5-11-23-16)19-17(22)21-9-4-6-14(21)12-20-10-8-18-13(20)2/h5,7-8,10-11,14-15H,3-4,6,9,12H2,1-2H3,(H,19,22). The van der Waals surface area contributed by atoms with Gasteiger partial charge in [-0.2, -0.15) is 0 Å². The Bertz CT molecular complexity index is 637. The number of likely N-dealkylation sites (tertiary alicyclic amines) is 1. The molecule has 124 valence electrons. The third-order valence-corrected chi connectivity index (χ3v) is 5.55. The van der Waals surface area contributed by atoms with Gasteiger partial charge in [-0.3, -0.25) is 0 Å². The molecule has 1 N–H and O–H groups in total. The molecule has 0 radical (unpaired) electrons. The minimum absolute atomic E-state index is 0.0607. The van der Waals surface area contributed by atoms with E-state index >= 15 is 0 Å². The van der Waals surface area contributed by atoms with Gasteiger partial charge in [0, 0.05) is 30.4 Å². The van der Waals surface area contributed by atoms with Crippen LogP contribution in [-0.4, -0.2) is 33.1 Å². The van der Waals surface area contributed by atoms with Gasteiger partial charge < -0.3 is 14.8 Å². The van der Waals surface area contributed by atoms with E-state index in [0.717, 1.165) is 38.2 Å². The van der Waals surface area contributed by atoms with Crippen LogP contribution < -0.4 is 5.32 Å². The highest BCUT2D eigenvalue weighted by Gasteiger charge is 2.30. The van der Waals surface area contributed by atoms with Crippen LogP contribution in [-0.2, 0) is 6.54 Å². The van der Waals surface area contributed by atoms with Gasteiger partial charge in [-0.1, -0.05) is 13.0 Å². The van der Waals surface area contributed by atoms with Crippen LogP contribution in [0, 0.1) is 6.92 Å². The Labute approximate surface area is 141 Å². The van der Waals surface area contributed by atoms with Crippen LogP contribution in [0.4, 0.5) is 4.79 Å². The first kappa shape index (κ1) is 16.1. The van der Waals surface area contributed by atoms with Gasteiger partial charge in [0.2, 0.25) is 0 Å². The third kappa shape index (κ3) is 3.58. The lowest BCUT2D eigenvalue weighted by atomic mass is 10.2. The normalized spacial score (nSPS) is 19.0. The van der Waals surface area contributed by atoms with Gasteiger partial charge in [0.1, 0.15) is 5.82 Å². The summed E-state index contributed by atoms with van der Waals surface area (Å²) in [5.41, 5.74) is 0. The van der Waals surface area contributed by atoms with Gasteiger partial charge >= 0.3 is 6.03 Å². The highest BCUT2D eigenvalue weighted by molar-refractivity contribution is 7.10. The zero-order chi connectivity index (χ0) is 16.2. The average molecular weight is 332 g/mol. The minimum atomic E-state index is 0.0607. The summed E-state index contributed by atoms with van der Waals surface area (Å²) in [5.74, 6) is 1.00. The summed E-state index contributed by atoms with van der Waals surface area (Å²) in [5, 5.41) is 5.27. The largest absolute Gasteiger partial charge is 0.333 e. The van der Waals surface area contributed by atoms with Gasteiger partial charge in [-0.05, 0) is 37.6 Å². The molecule has 0 saturated carbocycles. The van der Waals surface area contributed by atoms with Crippen LogP contribution in [0.1, 0.15) is 42.9 Å². The maximum atomic E-state index is 12.7. The van der Waals surface area contributed by atoms with E-state index < -0.39 is 0 Å². The molecular formula is C17H24N4OS. The van der Waals surface area contributed by atoms with E-state index in [2.05, 4.69) is 33.2 Å². The van der Waals surface area contributed by atoms with E-state index in [9.17, 15) is 4.79 Å². The second kappa shape index (κ2) is 7.17. The smallest absolute Gasteiger partial charge is 0.318 e. The number of amides is 2. The number of urea groups is 1. The van der Waals surface area contributed by atoms with Crippen LogP contribution in [0.25, 0.3) is 0 Å². The van der Waals surface area contributed by atoms with Crippen molar-refractivity contribution in [1.29, 1.82) is 0 Å². The fourth-order valence-electron chi connectivity index (χ4n) is 3.21. The molecule has 2 unspecified atom stereocenters. The molecule has 1 fully saturated rings. The summed E-state index contributed by atoms with van der Waals surface area (Å²) < 4.78 is 2.13. The molecule has 3 rings (SSSR count). The second-order valence-corrected chi connectivity index (χ2v) is 7.02. The number of imidazole rings is 1. The predicted octanol–water partition coefficient (Wildman–Crippen LogP) is 3.58. The molecule has 1 saturated heterocycles. The molecule has 0 aliphatic carbocycles. The zero-order valence-electron chi connectivity index (χ0n) is 13.7. The lowest BCUT2D eigenvalue weighted by Gasteiger charge is -2.28. The molecule has 23 heavy (non-hydrogen) atoms. The molecule has 0 aromatic carbocycles. The zero-order valence-corrected chi connectivity index (χ0v) is 14.6. The van der Waals surface area contributed by atoms with Crippen molar-refractivity contribution in [2.45, 2.75) is 51.7 Å². The number of hydrogen-bond donors (Lipinski definition) is 1. The van der Waals surface area contributed by atoms with Crippen LogP contribution in [0.5, 0.6) is 0 Å². The van der Waals surface area contributed by atoms with Gasteiger partial charge in [0.15, 0.2) is 0 Å². The summed E-state index contributed by atoms with van der Waals surface area (Å²) in [7, 11) is 0. The van der Waals surface area contributed by atoms with Crippen molar-refractivity contribution < 1.29 is 4.79 Å². The van der Waals surface area contributed by atoms with Crippen molar-refractivity contribution in [1.82, 2.24) is 19.8 Å². The first-order valence-corrected chi connectivity index (χ1v) is 9.15. The fraction of sp³-hybridized carbons (Fsp3) is 0.529. The SMILES string of the molecule is CCC(NC(=O)N1CCCC1Cn1ccnc1C)c1cccs1. The molecule has 6 heteroatoms. The third-order valence-electron chi connectivity index (χ3n) is 4.56. The summed E-state index contributed by atoms with van der Waals surface area (Å²) in [6.07, 6.45) is 6.84. The topological polar surface area (TPSA) is 50.2 Å². The summed E-state index contributed by atoms with van der Waals surface area (Å²) in [6, 6.07) is 4.55. The van der Waals surface area contributed by atoms with Crippen LogP contribution in [0.15, 0.2) is 29.9 Å². The van der Waals surface area contributed by atoms with Gasteiger partial charge in [-0.15, -0.1) is 11.3 Å². The maximum absolute atomic E-state index is 12.7. The Morgan fingerprint density at radius 2 is 2.43 bits per heavy atom. The second-order valence-electron chi connectivity index (χ2n) is 6.04. The lowest BCUT2D eigenvalue weighted by molar-refractivity contribution is 0.183. The number of nitrogens with zero attached hydrogens (tertiary/aromatic N) is 3. The molecule has 3 heterocycles. The van der Waals surface area contributed by atoms with Crippen molar-refractivity contribution in [2.24, 2.45) is 0 Å². The lowest BCUT2D eigenvalue weighted by Crippen LogP contribution is -2.45. The van der Waals surface area contributed by atoms with Crippen molar-refractivity contribution >= 4 is 17.4 Å². The Morgan fingerprint density at radius 1 is 1.57 bits per heavy atom. The monoisotopic (exact) mass is 332 g/mol. The fourth-order valence-corrected chi connectivity index (χ4v) is 4.07. The van der Waals surface area contributed by atoms with E-state index in [1.807, 2.05) is 30.3 Å². The Balaban J connectivity index is 1.64. The average Bonchev–Trinajstić information content (AvgIpc) is 3.28. The number of hydrogen-bond acceptors (Lipinski definition) is 3. The van der Waals surface area contributed by atoms with Gasteiger partial charge in [0.25, 0.3) is 0 Å². The van der Waals surface area contributed by atoms with E-state index in [1.54, 1.807) is 11.3 Å². The number of carbonyl (C=O) groups excluding carboxylic acids is 1. The molecule has 2 amide bonds. The van der Waals surface area contributed by atoms with E-state index in [-0.39, 0.29) is 18.1 Å². The number of aryl methyl sites for hydroxylation is 1. The van der Waals surface area contributed by atoms with Gasteiger partial charge in [-0.25, -0.2) is 9.78 Å². The molecule has 1 aliphatic rings. The summed E-state index contributed by atoms with van der Waals surface area (Å²) in [6.45, 7) is 5.78. The number of nitrogens with one attached hydrogen (secondary N) is 1. The first-order chi connectivity index (χ1) is 11.2. The first-order valence-electron chi connectivity index (χ1n) is 8.27. The highest BCUT2D eigenvalue weighted by Crippen LogP contribution is 2.24. The van der Waals surface area contributed by atoms with Crippen LogP contribution >= 0.6 is 11.3 Å². The molecular weight excluding hydrogens is 308 g/mol. The molecule has 2 aromatic rings. The summed E-state index contributed by atoms with van der Waals surface area (Å²) in [4.78, 5) is 20.2. The molecule has 2 aromatic heterocycles. The summed E-state index contributed by atoms with van der Waals surface area (Å²) >= 11 is 1.70. The highest BCUT2D eigenvalue weighted by atomic mass is 32.1.